The zero-order chi connectivity index (χ0) is 11.7. The van der Waals surface area contributed by atoms with Gasteiger partial charge in [0.05, 0.1) is 5.02 Å². The normalized spacial score (nSPS) is 10.4. The monoisotopic (exact) mass is 256 g/mol. The molecule has 1 aromatic heterocycles. The highest BCUT2D eigenvalue weighted by Gasteiger charge is 2.05. The summed E-state index contributed by atoms with van der Waals surface area (Å²) in [5.41, 5.74) is 6.07. The van der Waals surface area contributed by atoms with Gasteiger partial charge in [-0.1, -0.05) is 11.6 Å². The SMILES string of the molecule is Nc1nc(=S)nc(-c2ccc(F)c(Cl)c2)[nH]1. The number of hydrogen-bond acceptors (Lipinski definition) is 4. The van der Waals surface area contributed by atoms with Gasteiger partial charge in [-0.05, 0) is 30.4 Å². The van der Waals surface area contributed by atoms with Crippen LogP contribution in [0.1, 0.15) is 0 Å². The van der Waals surface area contributed by atoms with Crippen molar-refractivity contribution in [2.75, 3.05) is 5.73 Å². The molecule has 1 aromatic carbocycles. The van der Waals surface area contributed by atoms with E-state index in [1.54, 1.807) is 0 Å². The predicted octanol–water partition coefficient (Wildman–Crippen LogP) is 2.58. The highest BCUT2D eigenvalue weighted by atomic mass is 35.5. The lowest BCUT2D eigenvalue weighted by atomic mass is 10.2. The first-order chi connectivity index (χ1) is 7.56. The van der Waals surface area contributed by atoms with Crippen LogP contribution in [0, 0.1) is 10.6 Å². The van der Waals surface area contributed by atoms with Crippen molar-refractivity contribution in [3.05, 3.63) is 33.8 Å². The van der Waals surface area contributed by atoms with E-state index in [1.165, 1.54) is 18.2 Å². The molecule has 7 heteroatoms. The standard InChI is InChI=1S/C9H6ClFN4S/c10-5-3-4(1-2-6(5)11)7-13-8(12)15-9(16)14-7/h1-3H,(H3,12,13,14,15,16). The third-order valence-electron chi connectivity index (χ3n) is 1.86. The third kappa shape index (κ3) is 2.17. The Hall–Kier alpha value is -1.53. The van der Waals surface area contributed by atoms with Gasteiger partial charge in [0.25, 0.3) is 0 Å². The van der Waals surface area contributed by atoms with Crippen LogP contribution in [0.2, 0.25) is 5.02 Å². The van der Waals surface area contributed by atoms with Crippen LogP contribution in [0.5, 0.6) is 0 Å². The summed E-state index contributed by atoms with van der Waals surface area (Å²) >= 11 is 10.5. The maximum Gasteiger partial charge on any atom is 0.224 e. The van der Waals surface area contributed by atoms with Gasteiger partial charge in [-0.2, -0.15) is 4.98 Å². The Kier molecular flexibility index (Phi) is 2.84. The Morgan fingerprint density at radius 1 is 1.38 bits per heavy atom. The van der Waals surface area contributed by atoms with Crippen LogP contribution < -0.4 is 5.73 Å². The summed E-state index contributed by atoms with van der Waals surface area (Å²) in [4.78, 5) is 10.4. The predicted molar refractivity (Wildman–Crippen MR) is 62.0 cm³/mol. The van der Waals surface area contributed by atoms with Gasteiger partial charge in [-0.25, -0.2) is 9.37 Å². The van der Waals surface area contributed by atoms with Crippen LogP contribution in [-0.4, -0.2) is 15.0 Å². The molecule has 0 atom stereocenters. The van der Waals surface area contributed by atoms with Crippen LogP contribution in [0.15, 0.2) is 18.2 Å². The Labute approximate surface area is 100 Å². The molecule has 3 N–H and O–H groups in total. The zero-order valence-corrected chi connectivity index (χ0v) is 9.44. The quantitative estimate of drug-likeness (QED) is 0.770. The molecule has 0 unspecified atom stereocenters. The summed E-state index contributed by atoms with van der Waals surface area (Å²) in [7, 11) is 0. The number of H-pyrrole nitrogens is 1. The molecule has 0 radical (unpaired) electrons. The Bertz CT molecular complexity index is 598. The number of hydrogen-bond donors (Lipinski definition) is 2. The number of halogens is 2. The molecule has 82 valence electrons. The van der Waals surface area contributed by atoms with Gasteiger partial charge in [0, 0.05) is 5.56 Å². The minimum Gasteiger partial charge on any atom is -0.369 e. The summed E-state index contributed by atoms with van der Waals surface area (Å²) < 4.78 is 13.1. The largest absolute Gasteiger partial charge is 0.369 e. The molecule has 0 fully saturated rings. The Balaban J connectivity index is 2.58. The number of nitrogens with two attached hydrogens (primary N) is 1. The van der Waals surface area contributed by atoms with E-state index in [4.69, 9.17) is 29.6 Å². The number of aromatic amines is 1. The number of anilines is 1. The fourth-order valence-electron chi connectivity index (χ4n) is 1.18. The summed E-state index contributed by atoms with van der Waals surface area (Å²) in [6.07, 6.45) is 0. The highest BCUT2D eigenvalue weighted by Crippen LogP contribution is 2.22. The van der Waals surface area contributed by atoms with Crippen LogP contribution in [0.3, 0.4) is 0 Å². The van der Waals surface area contributed by atoms with Gasteiger partial charge < -0.3 is 10.7 Å². The summed E-state index contributed by atoms with van der Waals surface area (Å²) in [6, 6.07) is 4.20. The first-order valence-electron chi connectivity index (χ1n) is 4.25. The maximum atomic E-state index is 13.0. The molecule has 0 aliphatic carbocycles. The first-order valence-corrected chi connectivity index (χ1v) is 5.04. The lowest BCUT2D eigenvalue weighted by Crippen LogP contribution is -1.99. The van der Waals surface area contributed by atoms with Crippen molar-refractivity contribution >= 4 is 29.8 Å². The molecule has 2 rings (SSSR count). The molecule has 0 spiro atoms. The van der Waals surface area contributed by atoms with Gasteiger partial charge >= 0.3 is 0 Å². The van der Waals surface area contributed by atoms with Crippen LogP contribution in [0.25, 0.3) is 11.4 Å². The van der Waals surface area contributed by atoms with Crippen LogP contribution >= 0.6 is 23.8 Å². The highest BCUT2D eigenvalue weighted by molar-refractivity contribution is 7.71. The smallest absolute Gasteiger partial charge is 0.224 e. The number of aromatic nitrogens is 3. The summed E-state index contributed by atoms with van der Waals surface area (Å²) in [5.74, 6) is 0.0564. The Morgan fingerprint density at radius 2 is 2.12 bits per heavy atom. The van der Waals surface area contributed by atoms with E-state index in [1.807, 2.05) is 0 Å². The molecule has 0 saturated heterocycles. The second kappa shape index (κ2) is 4.15. The van der Waals surface area contributed by atoms with Gasteiger partial charge in [-0.15, -0.1) is 0 Å². The van der Waals surface area contributed by atoms with Crippen molar-refractivity contribution in [2.24, 2.45) is 0 Å². The van der Waals surface area contributed by atoms with Crippen LogP contribution in [-0.2, 0) is 0 Å². The van der Waals surface area contributed by atoms with E-state index < -0.39 is 5.82 Å². The van der Waals surface area contributed by atoms with E-state index in [0.717, 1.165) is 0 Å². The second-order valence-corrected chi connectivity index (χ2v) is 3.77. The molecule has 2 aromatic rings. The zero-order valence-electron chi connectivity index (χ0n) is 7.87. The molecule has 0 aliphatic rings. The van der Waals surface area contributed by atoms with E-state index in [-0.39, 0.29) is 15.7 Å². The number of nitrogens with one attached hydrogen (secondary N) is 1. The molecule has 0 aliphatic heterocycles. The fraction of sp³-hybridized carbons (Fsp3) is 0. The molecule has 0 saturated carbocycles. The third-order valence-corrected chi connectivity index (χ3v) is 2.34. The molecule has 4 nitrogen and oxygen atoms in total. The second-order valence-electron chi connectivity index (χ2n) is 2.99. The molecule has 16 heavy (non-hydrogen) atoms. The number of nitrogen functional groups attached to an aromatic ring is 1. The van der Waals surface area contributed by atoms with E-state index in [9.17, 15) is 4.39 Å². The molecule has 1 heterocycles. The van der Waals surface area contributed by atoms with Gasteiger partial charge in [-0.3, -0.25) is 0 Å². The van der Waals surface area contributed by atoms with Crippen molar-refractivity contribution in [1.82, 2.24) is 15.0 Å². The molecular formula is C9H6ClFN4S. The van der Waals surface area contributed by atoms with Crippen molar-refractivity contribution in [2.45, 2.75) is 0 Å². The van der Waals surface area contributed by atoms with Crippen molar-refractivity contribution in [3.8, 4) is 11.4 Å². The molecule has 0 amide bonds. The summed E-state index contributed by atoms with van der Waals surface area (Å²) in [6.45, 7) is 0. The minimum absolute atomic E-state index is 0.00834. The first kappa shape index (κ1) is 11.0. The average molecular weight is 257 g/mol. The average Bonchev–Trinajstić information content (AvgIpc) is 2.20. The summed E-state index contributed by atoms with van der Waals surface area (Å²) in [5, 5.41) is 0.00834. The molecule has 0 bridgehead atoms. The van der Waals surface area contributed by atoms with Crippen molar-refractivity contribution in [1.29, 1.82) is 0 Å². The number of rotatable bonds is 1. The lowest BCUT2D eigenvalue weighted by Gasteiger charge is -2.02. The molecular weight excluding hydrogens is 251 g/mol. The topological polar surface area (TPSA) is 67.6 Å². The van der Waals surface area contributed by atoms with Gasteiger partial charge in [0.15, 0.2) is 0 Å². The fourth-order valence-corrected chi connectivity index (χ4v) is 1.55. The van der Waals surface area contributed by atoms with Gasteiger partial charge in [0.1, 0.15) is 11.6 Å². The van der Waals surface area contributed by atoms with Crippen molar-refractivity contribution in [3.63, 3.8) is 0 Å². The van der Waals surface area contributed by atoms with E-state index in [0.29, 0.717) is 11.4 Å². The minimum atomic E-state index is -0.494. The number of benzene rings is 1. The lowest BCUT2D eigenvalue weighted by molar-refractivity contribution is 0.628. The van der Waals surface area contributed by atoms with Crippen molar-refractivity contribution < 1.29 is 4.39 Å². The van der Waals surface area contributed by atoms with Gasteiger partial charge in [0.2, 0.25) is 10.7 Å². The van der Waals surface area contributed by atoms with E-state index >= 15 is 0 Å². The van der Waals surface area contributed by atoms with Crippen LogP contribution in [0.4, 0.5) is 10.3 Å². The Morgan fingerprint density at radius 3 is 2.75 bits per heavy atom. The number of nitrogens with zero attached hydrogens (tertiary/aromatic N) is 2. The maximum absolute atomic E-state index is 13.0. The van der Waals surface area contributed by atoms with E-state index in [2.05, 4.69) is 15.0 Å².